The van der Waals surface area contributed by atoms with Crippen molar-refractivity contribution in [1.82, 2.24) is 0 Å². The molecule has 2 N–H and O–H groups in total. The molecule has 0 radical (unpaired) electrons. The van der Waals surface area contributed by atoms with Gasteiger partial charge in [0.1, 0.15) is 11.6 Å². The Morgan fingerprint density at radius 3 is 2.35 bits per heavy atom. The topological polar surface area (TPSA) is 35.2 Å². The van der Waals surface area contributed by atoms with Gasteiger partial charge in [-0.15, -0.1) is 0 Å². The fourth-order valence-electron chi connectivity index (χ4n) is 3.10. The third-order valence-electron chi connectivity index (χ3n) is 4.18. The van der Waals surface area contributed by atoms with Crippen molar-refractivity contribution in [2.45, 2.75) is 39.5 Å². The van der Waals surface area contributed by atoms with Crippen LogP contribution >= 0.6 is 0 Å². The highest BCUT2D eigenvalue weighted by atomic mass is 19.1. The summed E-state index contributed by atoms with van der Waals surface area (Å²) in [6.45, 7) is 7.29. The zero-order valence-corrected chi connectivity index (χ0v) is 14.2. The maximum absolute atomic E-state index is 13.9. The van der Waals surface area contributed by atoms with Crippen LogP contribution < -0.4 is 10.5 Å². The van der Waals surface area contributed by atoms with Crippen LogP contribution in [-0.4, -0.2) is 13.2 Å². The second-order valence-corrected chi connectivity index (χ2v) is 6.17. The molecule has 0 fully saturated rings. The first kappa shape index (κ1) is 17.5. The molecule has 0 heterocycles. The Hall–Kier alpha value is -1.87. The van der Waals surface area contributed by atoms with Gasteiger partial charge < -0.3 is 10.5 Å². The number of rotatable bonds is 7. The first-order valence-electron chi connectivity index (χ1n) is 8.18. The molecule has 0 aliphatic carbocycles. The maximum atomic E-state index is 13.9. The van der Waals surface area contributed by atoms with E-state index >= 15 is 0 Å². The average molecular weight is 315 g/mol. The van der Waals surface area contributed by atoms with Crippen LogP contribution in [0.2, 0.25) is 0 Å². The van der Waals surface area contributed by atoms with E-state index in [9.17, 15) is 4.39 Å². The number of ether oxygens (including phenoxy) is 1. The van der Waals surface area contributed by atoms with Crippen molar-refractivity contribution in [3.05, 3.63) is 64.5 Å². The Labute approximate surface area is 138 Å². The molecule has 0 bridgehead atoms. The molecule has 0 spiro atoms. The highest BCUT2D eigenvalue weighted by Crippen LogP contribution is 2.26. The van der Waals surface area contributed by atoms with Crippen molar-refractivity contribution < 1.29 is 9.13 Å². The van der Waals surface area contributed by atoms with E-state index < -0.39 is 0 Å². The van der Waals surface area contributed by atoms with Crippen molar-refractivity contribution in [3.8, 4) is 5.75 Å². The van der Waals surface area contributed by atoms with Gasteiger partial charge in [0.25, 0.3) is 0 Å². The van der Waals surface area contributed by atoms with E-state index in [4.69, 9.17) is 10.5 Å². The Bertz CT molecular complexity index is 631. The van der Waals surface area contributed by atoms with E-state index in [2.05, 4.69) is 32.9 Å². The number of hydrogen-bond acceptors (Lipinski definition) is 2. The molecule has 2 nitrogen and oxygen atoms in total. The summed E-state index contributed by atoms with van der Waals surface area (Å²) < 4.78 is 19.8. The Kier molecular flexibility index (Phi) is 6.17. The quantitative estimate of drug-likeness (QED) is 0.755. The average Bonchev–Trinajstić information content (AvgIpc) is 2.50. The van der Waals surface area contributed by atoms with Gasteiger partial charge in [0.15, 0.2) is 0 Å². The molecule has 2 aromatic carbocycles. The molecule has 1 unspecified atom stereocenters. The van der Waals surface area contributed by atoms with Crippen molar-refractivity contribution in [1.29, 1.82) is 0 Å². The fraction of sp³-hybridized carbons (Fsp3) is 0.400. The molecule has 0 aliphatic rings. The lowest BCUT2D eigenvalue weighted by Crippen LogP contribution is -2.15. The van der Waals surface area contributed by atoms with E-state index in [1.807, 2.05) is 12.1 Å². The highest BCUT2D eigenvalue weighted by molar-refractivity contribution is 5.42. The van der Waals surface area contributed by atoms with Gasteiger partial charge in [0.2, 0.25) is 0 Å². The molecule has 3 heteroatoms. The number of halogens is 1. The van der Waals surface area contributed by atoms with Crippen LogP contribution in [0.15, 0.2) is 36.4 Å². The molecule has 0 aromatic heterocycles. The Balaban J connectivity index is 1.91. The summed E-state index contributed by atoms with van der Waals surface area (Å²) in [6.07, 6.45) is 1.67. The van der Waals surface area contributed by atoms with Crippen LogP contribution in [0.5, 0.6) is 5.75 Å². The van der Waals surface area contributed by atoms with Crippen LogP contribution in [0.3, 0.4) is 0 Å². The van der Waals surface area contributed by atoms with Crippen LogP contribution in [0, 0.1) is 26.6 Å². The minimum atomic E-state index is -0.172. The van der Waals surface area contributed by atoms with Crippen LogP contribution in [0.4, 0.5) is 4.39 Å². The molecule has 0 amide bonds. The molecular weight excluding hydrogens is 289 g/mol. The zero-order valence-electron chi connectivity index (χ0n) is 14.2. The molecule has 124 valence electrons. The lowest BCUT2D eigenvalue weighted by molar-refractivity contribution is 0.297. The molecule has 2 rings (SSSR count). The minimum absolute atomic E-state index is 0.0417. The van der Waals surface area contributed by atoms with Crippen LogP contribution in [-0.2, 0) is 0 Å². The van der Waals surface area contributed by atoms with E-state index in [-0.39, 0.29) is 11.7 Å². The summed E-state index contributed by atoms with van der Waals surface area (Å²) in [5, 5.41) is 0. The third-order valence-corrected chi connectivity index (χ3v) is 4.18. The summed E-state index contributed by atoms with van der Waals surface area (Å²) >= 11 is 0. The molecule has 0 saturated carbocycles. The summed E-state index contributed by atoms with van der Waals surface area (Å²) in [6, 6.07) is 11.1. The normalized spacial score (nSPS) is 12.2. The highest BCUT2D eigenvalue weighted by Gasteiger charge is 2.14. The maximum Gasteiger partial charge on any atom is 0.126 e. The lowest BCUT2D eigenvalue weighted by atomic mass is 9.94. The number of benzene rings is 2. The Morgan fingerprint density at radius 1 is 1.09 bits per heavy atom. The predicted molar refractivity (Wildman–Crippen MR) is 93.6 cm³/mol. The minimum Gasteiger partial charge on any atom is -0.493 e. The summed E-state index contributed by atoms with van der Waals surface area (Å²) in [5.74, 6) is 0.833. The molecule has 2 aromatic rings. The lowest BCUT2D eigenvalue weighted by Gasteiger charge is -2.17. The first-order chi connectivity index (χ1) is 11.0. The van der Waals surface area contributed by atoms with Crippen molar-refractivity contribution in [3.63, 3.8) is 0 Å². The second kappa shape index (κ2) is 8.11. The van der Waals surface area contributed by atoms with Gasteiger partial charge in [-0.2, -0.15) is 0 Å². The van der Waals surface area contributed by atoms with E-state index in [1.54, 1.807) is 6.07 Å². The van der Waals surface area contributed by atoms with Gasteiger partial charge in [0, 0.05) is 0 Å². The summed E-state index contributed by atoms with van der Waals surface area (Å²) in [5.41, 5.74) is 10.1. The van der Waals surface area contributed by atoms with Crippen LogP contribution in [0.25, 0.3) is 0 Å². The Morgan fingerprint density at radius 2 is 1.74 bits per heavy atom. The molecule has 0 saturated heterocycles. The predicted octanol–water partition coefficient (Wildman–Crippen LogP) is 4.65. The SMILES string of the molecule is Cc1cc(C)c(OCCCC(CN)c2ccccc2F)c(C)c1. The third kappa shape index (κ3) is 4.55. The molecular formula is C20H26FNO. The fourth-order valence-corrected chi connectivity index (χ4v) is 3.10. The summed E-state index contributed by atoms with van der Waals surface area (Å²) in [7, 11) is 0. The molecule has 23 heavy (non-hydrogen) atoms. The largest absolute Gasteiger partial charge is 0.493 e. The van der Waals surface area contributed by atoms with Gasteiger partial charge in [-0.3, -0.25) is 0 Å². The zero-order chi connectivity index (χ0) is 16.8. The summed E-state index contributed by atoms with van der Waals surface area (Å²) in [4.78, 5) is 0. The standard InChI is InChI=1S/C20H26FNO/c1-14-11-15(2)20(16(3)12-14)23-10-6-7-17(13-22)18-8-4-5-9-19(18)21/h4-5,8-9,11-12,17H,6-7,10,13,22H2,1-3H3. The van der Waals surface area contributed by atoms with Gasteiger partial charge >= 0.3 is 0 Å². The smallest absolute Gasteiger partial charge is 0.126 e. The van der Waals surface area contributed by atoms with Crippen LogP contribution in [0.1, 0.15) is 41.0 Å². The number of aryl methyl sites for hydroxylation is 3. The number of hydrogen-bond donors (Lipinski definition) is 1. The van der Waals surface area contributed by atoms with Gasteiger partial charge in [-0.25, -0.2) is 4.39 Å². The van der Waals surface area contributed by atoms with Crippen molar-refractivity contribution >= 4 is 0 Å². The van der Waals surface area contributed by atoms with Crippen molar-refractivity contribution in [2.24, 2.45) is 5.73 Å². The molecule has 1 atom stereocenters. The van der Waals surface area contributed by atoms with Crippen molar-refractivity contribution in [2.75, 3.05) is 13.2 Å². The van der Waals surface area contributed by atoms with E-state index in [1.165, 1.54) is 11.6 Å². The molecule has 0 aliphatic heterocycles. The monoisotopic (exact) mass is 315 g/mol. The van der Waals surface area contributed by atoms with Gasteiger partial charge in [0.05, 0.1) is 6.61 Å². The second-order valence-electron chi connectivity index (χ2n) is 6.17. The van der Waals surface area contributed by atoms with E-state index in [0.29, 0.717) is 18.7 Å². The first-order valence-corrected chi connectivity index (χ1v) is 8.18. The van der Waals surface area contributed by atoms with E-state index in [0.717, 1.165) is 29.7 Å². The van der Waals surface area contributed by atoms with Gasteiger partial charge in [-0.1, -0.05) is 35.9 Å². The van der Waals surface area contributed by atoms with Gasteiger partial charge in [-0.05, 0) is 68.8 Å². The number of nitrogens with two attached hydrogens (primary N) is 1.